The van der Waals surface area contributed by atoms with E-state index in [0.29, 0.717) is 6.42 Å². The van der Waals surface area contributed by atoms with Crippen LogP contribution in [-0.4, -0.2) is 21.4 Å². The van der Waals surface area contributed by atoms with Crippen molar-refractivity contribution >= 4 is 22.7 Å². The molecule has 0 fully saturated rings. The van der Waals surface area contributed by atoms with Gasteiger partial charge in [0.2, 0.25) is 5.91 Å². The van der Waals surface area contributed by atoms with Crippen LogP contribution in [0.1, 0.15) is 46.2 Å². The molecular weight excluding hydrogens is 356 g/mol. The fourth-order valence-corrected chi connectivity index (χ4v) is 4.02. The van der Waals surface area contributed by atoms with E-state index in [0.717, 1.165) is 40.7 Å². The van der Waals surface area contributed by atoms with E-state index in [4.69, 9.17) is 5.73 Å². The molecule has 3 aromatic rings. The predicted octanol–water partition coefficient (Wildman–Crippen LogP) is 1.93. The number of carbonyl (C=O) groups excluding carboxylic acids is 2. The van der Waals surface area contributed by atoms with Crippen molar-refractivity contribution < 1.29 is 9.59 Å². The third kappa shape index (κ3) is 3.19. The van der Waals surface area contributed by atoms with Gasteiger partial charge in [-0.05, 0) is 55.3 Å². The number of carbonyl (C=O) groups is 2. The summed E-state index contributed by atoms with van der Waals surface area (Å²) in [5.74, 6) is -0.886. The minimum atomic E-state index is -0.769. The number of amides is 2. The van der Waals surface area contributed by atoms with Gasteiger partial charge in [-0.25, -0.2) is 0 Å². The summed E-state index contributed by atoms with van der Waals surface area (Å²) in [5.41, 5.74) is 8.30. The van der Waals surface area contributed by atoms with Crippen molar-refractivity contribution in [1.82, 2.24) is 14.9 Å². The molecule has 4 N–H and O–H groups in total. The molecule has 7 heteroatoms. The van der Waals surface area contributed by atoms with E-state index in [1.54, 1.807) is 0 Å². The highest BCUT2D eigenvalue weighted by molar-refractivity contribution is 5.92. The highest BCUT2D eigenvalue weighted by atomic mass is 16.2. The molecule has 1 aromatic carbocycles. The Balaban J connectivity index is 1.59. The van der Waals surface area contributed by atoms with Gasteiger partial charge in [0.1, 0.15) is 12.1 Å². The molecule has 2 aromatic heterocycles. The van der Waals surface area contributed by atoms with Crippen LogP contribution in [0.25, 0.3) is 10.9 Å². The molecule has 1 aliphatic rings. The highest BCUT2D eigenvalue weighted by Crippen LogP contribution is 2.28. The fourth-order valence-electron chi connectivity index (χ4n) is 4.02. The number of hydrogen-bond acceptors (Lipinski definition) is 3. The van der Waals surface area contributed by atoms with E-state index in [1.165, 1.54) is 6.07 Å². The second kappa shape index (κ2) is 6.99. The summed E-state index contributed by atoms with van der Waals surface area (Å²) in [7, 11) is 0. The van der Waals surface area contributed by atoms with Crippen LogP contribution < -0.4 is 16.6 Å². The molecule has 1 aliphatic carbocycles. The first kappa shape index (κ1) is 18.0. The monoisotopic (exact) mass is 378 g/mol. The van der Waals surface area contributed by atoms with E-state index in [2.05, 4.69) is 16.4 Å². The Bertz CT molecular complexity index is 1140. The first-order valence-electron chi connectivity index (χ1n) is 9.34. The van der Waals surface area contributed by atoms with E-state index < -0.39 is 11.5 Å². The average Bonchev–Trinajstić information content (AvgIpc) is 2.96. The smallest absolute Gasteiger partial charge is 0.261 e. The number of nitrogens with two attached hydrogens (primary N) is 1. The van der Waals surface area contributed by atoms with E-state index >= 15 is 0 Å². The average molecular weight is 378 g/mol. The number of hydrogen-bond donors (Lipinski definition) is 3. The minimum Gasteiger partial charge on any atom is -0.365 e. The first-order valence-corrected chi connectivity index (χ1v) is 9.34. The van der Waals surface area contributed by atoms with Crippen molar-refractivity contribution in [3.63, 3.8) is 0 Å². The van der Waals surface area contributed by atoms with Gasteiger partial charge in [0.05, 0.1) is 6.04 Å². The van der Waals surface area contributed by atoms with Crippen LogP contribution >= 0.6 is 0 Å². The molecule has 0 aliphatic heterocycles. The van der Waals surface area contributed by atoms with Gasteiger partial charge < -0.3 is 20.6 Å². The Kier molecular flexibility index (Phi) is 4.50. The van der Waals surface area contributed by atoms with Crippen LogP contribution in [0, 0.1) is 6.92 Å². The number of aromatic amines is 1. The Labute approximate surface area is 161 Å². The Hall–Kier alpha value is -3.35. The van der Waals surface area contributed by atoms with Crippen LogP contribution in [0.2, 0.25) is 0 Å². The molecule has 0 spiro atoms. The second-order valence-electron chi connectivity index (χ2n) is 7.25. The first-order chi connectivity index (χ1) is 13.4. The van der Waals surface area contributed by atoms with Crippen molar-refractivity contribution in [1.29, 1.82) is 0 Å². The molecule has 0 bridgehead atoms. The molecule has 4 rings (SSSR count). The number of para-hydroxylation sites is 1. The zero-order chi connectivity index (χ0) is 19.8. The molecule has 0 saturated heterocycles. The number of rotatable bonds is 4. The molecule has 28 heavy (non-hydrogen) atoms. The second-order valence-corrected chi connectivity index (χ2v) is 7.25. The van der Waals surface area contributed by atoms with Gasteiger partial charge in [-0.2, -0.15) is 0 Å². The molecule has 144 valence electrons. The number of pyridine rings is 1. The topological polar surface area (TPSA) is 110 Å². The molecule has 0 radical (unpaired) electrons. The van der Waals surface area contributed by atoms with E-state index in [-0.39, 0.29) is 24.1 Å². The van der Waals surface area contributed by atoms with Crippen molar-refractivity contribution in [2.24, 2.45) is 5.73 Å². The van der Waals surface area contributed by atoms with Crippen LogP contribution in [0.15, 0.2) is 41.2 Å². The molecule has 1 unspecified atom stereocenters. The Morgan fingerprint density at radius 1 is 1.29 bits per heavy atom. The van der Waals surface area contributed by atoms with Gasteiger partial charge in [-0.3, -0.25) is 14.4 Å². The third-order valence-corrected chi connectivity index (χ3v) is 5.37. The van der Waals surface area contributed by atoms with Gasteiger partial charge in [-0.15, -0.1) is 0 Å². The summed E-state index contributed by atoms with van der Waals surface area (Å²) in [6, 6.07) is 11.3. The summed E-state index contributed by atoms with van der Waals surface area (Å²) < 4.78 is 1.98. The van der Waals surface area contributed by atoms with Crippen molar-refractivity contribution in [2.75, 3.05) is 0 Å². The number of benzene rings is 1. The summed E-state index contributed by atoms with van der Waals surface area (Å²) in [5, 5.41) is 4.15. The normalized spacial score (nSPS) is 16.0. The van der Waals surface area contributed by atoms with Crippen molar-refractivity contribution in [3.8, 4) is 0 Å². The standard InChI is InChI=1S/C21H22N4O3/c1-12-9-13-5-2-3-8-18(13)25(12)11-19(26)23-16-6-4-7-17-14(16)10-15(20(22)27)21(28)24-17/h2-3,5,8-10,16H,4,6-7,11H2,1H3,(H2,22,27)(H,23,26)(H,24,28). The van der Waals surface area contributed by atoms with Gasteiger partial charge in [0.25, 0.3) is 11.5 Å². The predicted molar refractivity (Wildman–Crippen MR) is 106 cm³/mol. The zero-order valence-electron chi connectivity index (χ0n) is 15.6. The van der Waals surface area contributed by atoms with E-state index in [1.807, 2.05) is 35.8 Å². The summed E-state index contributed by atoms with van der Waals surface area (Å²) in [6.45, 7) is 2.18. The largest absolute Gasteiger partial charge is 0.365 e. The Morgan fingerprint density at radius 3 is 2.86 bits per heavy atom. The van der Waals surface area contributed by atoms with Crippen LogP contribution in [0.3, 0.4) is 0 Å². The highest BCUT2D eigenvalue weighted by Gasteiger charge is 2.25. The van der Waals surface area contributed by atoms with E-state index in [9.17, 15) is 14.4 Å². The lowest BCUT2D eigenvalue weighted by atomic mass is 9.90. The lowest BCUT2D eigenvalue weighted by molar-refractivity contribution is -0.122. The van der Waals surface area contributed by atoms with Gasteiger partial charge >= 0.3 is 0 Å². The number of nitrogens with zero attached hydrogens (tertiary/aromatic N) is 1. The lowest BCUT2D eigenvalue weighted by Crippen LogP contribution is -2.35. The fraction of sp³-hybridized carbons (Fsp3) is 0.286. The number of fused-ring (bicyclic) bond motifs is 2. The maximum absolute atomic E-state index is 12.8. The van der Waals surface area contributed by atoms with Gasteiger partial charge in [0.15, 0.2) is 0 Å². The van der Waals surface area contributed by atoms with Gasteiger partial charge in [0, 0.05) is 16.9 Å². The maximum atomic E-state index is 12.8. The molecule has 0 saturated carbocycles. The third-order valence-electron chi connectivity index (χ3n) is 5.37. The quantitative estimate of drug-likeness (QED) is 0.645. The molecule has 1 atom stereocenters. The van der Waals surface area contributed by atoms with Crippen LogP contribution in [0.5, 0.6) is 0 Å². The number of nitrogens with one attached hydrogen (secondary N) is 2. The van der Waals surface area contributed by atoms with Crippen molar-refractivity contribution in [3.05, 3.63) is 69.3 Å². The number of primary amides is 1. The maximum Gasteiger partial charge on any atom is 0.261 e. The van der Waals surface area contributed by atoms with Crippen LogP contribution in [0.4, 0.5) is 0 Å². The summed E-state index contributed by atoms with van der Waals surface area (Å²) in [6.07, 6.45) is 2.29. The number of aryl methyl sites for hydroxylation is 2. The van der Waals surface area contributed by atoms with Gasteiger partial charge in [-0.1, -0.05) is 18.2 Å². The summed E-state index contributed by atoms with van der Waals surface area (Å²) in [4.78, 5) is 39.0. The minimum absolute atomic E-state index is 0.0767. The molecule has 7 nitrogen and oxygen atoms in total. The van der Waals surface area contributed by atoms with Crippen molar-refractivity contribution in [2.45, 2.75) is 38.8 Å². The number of aromatic nitrogens is 2. The SMILES string of the molecule is Cc1cc2ccccc2n1CC(=O)NC1CCCc2[nH]c(=O)c(C(N)=O)cc21. The zero-order valence-corrected chi connectivity index (χ0v) is 15.6. The Morgan fingerprint density at radius 2 is 2.07 bits per heavy atom. The molecular formula is C21H22N4O3. The molecule has 2 heterocycles. The lowest BCUT2D eigenvalue weighted by Gasteiger charge is -2.26. The van der Waals surface area contributed by atoms with Crippen LogP contribution in [-0.2, 0) is 17.8 Å². The molecule has 2 amide bonds. The number of H-pyrrole nitrogens is 1. The summed E-state index contributed by atoms with van der Waals surface area (Å²) >= 11 is 0.